The van der Waals surface area contributed by atoms with Crippen molar-refractivity contribution in [2.24, 2.45) is 0 Å². The Labute approximate surface area is 100 Å². The molecule has 0 unspecified atom stereocenters. The fraction of sp³-hybridized carbons (Fsp3) is 0.0909. The standard InChI is InChI=1S/C11H8F3N3O/c12-11(13,14)10-4-9(8(15)6-17-10)18-7-2-1-3-16-5-7/h1-6H,15H2. The number of halogens is 3. The molecule has 0 amide bonds. The number of aromatic nitrogens is 2. The number of rotatable bonds is 2. The summed E-state index contributed by atoms with van der Waals surface area (Å²) < 4.78 is 42.6. The predicted molar refractivity (Wildman–Crippen MR) is 58.0 cm³/mol. The van der Waals surface area contributed by atoms with Gasteiger partial charge >= 0.3 is 6.18 Å². The van der Waals surface area contributed by atoms with Gasteiger partial charge in [-0.05, 0) is 12.1 Å². The molecule has 0 aliphatic rings. The smallest absolute Gasteiger partial charge is 0.433 e. The number of pyridine rings is 2. The molecule has 0 spiro atoms. The van der Waals surface area contributed by atoms with Gasteiger partial charge in [0, 0.05) is 12.3 Å². The minimum absolute atomic E-state index is 0.0202. The van der Waals surface area contributed by atoms with E-state index in [4.69, 9.17) is 10.5 Å². The molecule has 2 rings (SSSR count). The van der Waals surface area contributed by atoms with Gasteiger partial charge in [0.15, 0.2) is 5.75 Å². The molecular weight excluding hydrogens is 247 g/mol. The van der Waals surface area contributed by atoms with Gasteiger partial charge in [-0.2, -0.15) is 13.2 Å². The van der Waals surface area contributed by atoms with Gasteiger partial charge in [-0.3, -0.25) is 4.98 Å². The van der Waals surface area contributed by atoms with Crippen LogP contribution in [-0.2, 0) is 6.18 Å². The average molecular weight is 255 g/mol. The van der Waals surface area contributed by atoms with Gasteiger partial charge in [-0.25, -0.2) is 4.98 Å². The Balaban J connectivity index is 2.33. The van der Waals surface area contributed by atoms with Gasteiger partial charge in [-0.1, -0.05) is 0 Å². The Kier molecular flexibility index (Phi) is 3.05. The minimum Gasteiger partial charge on any atom is -0.453 e. The molecular formula is C11H8F3N3O. The Bertz CT molecular complexity index is 543. The van der Waals surface area contributed by atoms with Crippen molar-refractivity contribution in [1.82, 2.24) is 9.97 Å². The van der Waals surface area contributed by atoms with Gasteiger partial charge < -0.3 is 10.5 Å². The number of ether oxygens (including phenoxy) is 1. The van der Waals surface area contributed by atoms with Crippen LogP contribution in [-0.4, -0.2) is 9.97 Å². The molecule has 2 heterocycles. The van der Waals surface area contributed by atoms with E-state index in [1.807, 2.05) is 0 Å². The number of hydrogen-bond acceptors (Lipinski definition) is 4. The van der Waals surface area contributed by atoms with Crippen LogP contribution in [0, 0.1) is 0 Å². The van der Waals surface area contributed by atoms with Gasteiger partial charge in [0.05, 0.1) is 18.1 Å². The molecule has 4 nitrogen and oxygen atoms in total. The Morgan fingerprint density at radius 2 is 2.00 bits per heavy atom. The monoisotopic (exact) mass is 255 g/mol. The largest absolute Gasteiger partial charge is 0.453 e. The molecule has 0 atom stereocenters. The first-order valence-corrected chi connectivity index (χ1v) is 4.87. The lowest BCUT2D eigenvalue weighted by molar-refractivity contribution is -0.141. The second-order valence-corrected chi connectivity index (χ2v) is 3.40. The first kappa shape index (κ1) is 12.2. The molecule has 94 valence electrons. The van der Waals surface area contributed by atoms with E-state index in [0.717, 1.165) is 12.3 Å². The van der Waals surface area contributed by atoms with E-state index in [0.29, 0.717) is 5.75 Å². The molecule has 0 saturated heterocycles. The van der Waals surface area contributed by atoms with Gasteiger partial charge in [0.25, 0.3) is 0 Å². The number of hydrogen-bond donors (Lipinski definition) is 1. The molecule has 0 saturated carbocycles. The second-order valence-electron chi connectivity index (χ2n) is 3.40. The van der Waals surface area contributed by atoms with Crippen molar-refractivity contribution < 1.29 is 17.9 Å². The summed E-state index contributed by atoms with van der Waals surface area (Å²) in [6, 6.07) is 3.90. The van der Waals surface area contributed by atoms with Crippen molar-refractivity contribution in [3.63, 3.8) is 0 Å². The number of alkyl halides is 3. The summed E-state index contributed by atoms with van der Waals surface area (Å²) >= 11 is 0. The number of nitrogens with two attached hydrogens (primary N) is 1. The van der Waals surface area contributed by atoms with Crippen molar-refractivity contribution in [2.45, 2.75) is 6.18 Å². The SMILES string of the molecule is Nc1cnc(C(F)(F)F)cc1Oc1cccnc1. The van der Waals surface area contributed by atoms with Crippen LogP contribution in [0.1, 0.15) is 5.69 Å². The fourth-order valence-electron chi connectivity index (χ4n) is 1.23. The normalized spacial score (nSPS) is 11.3. The fourth-order valence-corrected chi connectivity index (χ4v) is 1.23. The molecule has 0 aliphatic carbocycles. The van der Waals surface area contributed by atoms with E-state index in [2.05, 4.69) is 9.97 Å². The van der Waals surface area contributed by atoms with Crippen molar-refractivity contribution in [2.75, 3.05) is 5.73 Å². The molecule has 2 aromatic rings. The van der Waals surface area contributed by atoms with Crippen LogP contribution in [0.4, 0.5) is 18.9 Å². The molecule has 18 heavy (non-hydrogen) atoms. The third-order valence-electron chi connectivity index (χ3n) is 2.05. The van der Waals surface area contributed by atoms with E-state index >= 15 is 0 Å². The van der Waals surface area contributed by atoms with Crippen molar-refractivity contribution in [3.8, 4) is 11.5 Å². The first-order valence-electron chi connectivity index (χ1n) is 4.87. The van der Waals surface area contributed by atoms with E-state index in [1.54, 1.807) is 12.1 Å². The lowest BCUT2D eigenvalue weighted by Crippen LogP contribution is -2.08. The molecule has 0 aromatic carbocycles. The molecule has 0 bridgehead atoms. The Hall–Kier alpha value is -2.31. The van der Waals surface area contributed by atoms with Gasteiger partial charge in [0.2, 0.25) is 0 Å². The minimum atomic E-state index is -4.54. The highest BCUT2D eigenvalue weighted by Crippen LogP contribution is 2.33. The summed E-state index contributed by atoms with van der Waals surface area (Å²) in [5, 5.41) is 0. The maximum atomic E-state index is 12.5. The highest BCUT2D eigenvalue weighted by Gasteiger charge is 2.33. The Morgan fingerprint density at radius 3 is 2.61 bits per heavy atom. The molecule has 2 aromatic heterocycles. The van der Waals surface area contributed by atoms with Crippen LogP contribution >= 0.6 is 0 Å². The third kappa shape index (κ3) is 2.68. The maximum Gasteiger partial charge on any atom is 0.433 e. The Morgan fingerprint density at radius 1 is 1.22 bits per heavy atom. The molecule has 7 heteroatoms. The summed E-state index contributed by atoms with van der Waals surface area (Å²) in [7, 11) is 0. The summed E-state index contributed by atoms with van der Waals surface area (Å²) in [6.07, 6.45) is -0.744. The van der Waals surface area contributed by atoms with E-state index < -0.39 is 11.9 Å². The average Bonchev–Trinajstić information content (AvgIpc) is 2.32. The number of anilines is 1. The van der Waals surface area contributed by atoms with E-state index in [-0.39, 0.29) is 11.4 Å². The third-order valence-corrected chi connectivity index (χ3v) is 2.05. The zero-order chi connectivity index (χ0) is 13.2. The lowest BCUT2D eigenvalue weighted by Gasteiger charge is -2.11. The van der Waals surface area contributed by atoms with Crippen LogP contribution in [0.25, 0.3) is 0 Å². The quantitative estimate of drug-likeness (QED) is 0.896. The van der Waals surface area contributed by atoms with Gasteiger partial charge in [0.1, 0.15) is 11.4 Å². The summed E-state index contributed by atoms with van der Waals surface area (Å²) in [4.78, 5) is 6.98. The summed E-state index contributed by atoms with van der Waals surface area (Å²) in [6.45, 7) is 0. The summed E-state index contributed by atoms with van der Waals surface area (Å²) in [5.41, 5.74) is 4.47. The van der Waals surface area contributed by atoms with Crippen LogP contribution in [0.5, 0.6) is 11.5 Å². The topological polar surface area (TPSA) is 61.0 Å². The molecule has 0 radical (unpaired) electrons. The molecule has 0 fully saturated rings. The highest BCUT2D eigenvalue weighted by molar-refractivity contribution is 5.52. The second kappa shape index (κ2) is 4.52. The molecule has 0 aliphatic heterocycles. The predicted octanol–water partition coefficient (Wildman–Crippen LogP) is 2.87. The maximum absolute atomic E-state index is 12.5. The van der Waals surface area contributed by atoms with Crippen LogP contribution in [0.15, 0.2) is 36.8 Å². The van der Waals surface area contributed by atoms with E-state index in [9.17, 15) is 13.2 Å². The first-order chi connectivity index (χ1) is 8.47. The number of nitrogen functional groups attached to an aromatic ring is 1. The van der Waals surface area contributed by atoms with Crippen molar-refractivity contribution in [3.05, 3.63) is 42.5 Å². The highest BCUT2D eigenvalue weighted by atomic mass is 19.4. The van der Waals surface area contributed by atoms with Crippen molar-refractivity contribution in [1.29, 1.82) is 0 Å². The van der Waals surface area contributed by atoms with Crippen LogP contribution in [0.2, 0.25) is 0 Å². The van der Waals surface area contributed by atoms with Gasteiger partial charge in [-0.15, -0.1) is 0 Å². The number of nitrogens with zero attached hydrogens (tertiary/aromatic N) is 2. The zero-order valence-electron chi connectivity index (χ0n) is 8.98. The zero-order valence-corrected chi connectivity index (χ0v) is 8.98. The van der Waals surface area contributed by atoms with Crippen molar-refractivity contribution >= 4 is 5.69 Å². The molecule has 2 N–H and O–H groups in total. The lowest BCUT2D eigenvalue weighted by atomic mass is 10.3. The summed E-state index contributed by atoms with van der Waals surface area (Å²) in [5.74, 6) is 0.189. The van der Waals surface area contributed by atoms with Crippen LogP contribution in [0.3, 0.4) is 0 Å². The van der Waals surface area contributed by atoms with Crippen LogP contribution < -0.4 is 10.5 Å². The van der Waals surface area contributed by atoms with E-state index in [1.165, 1.54) is 12.4 Å².